The van der Waals surface area contributed by atoms with Crippen molar-refractivity contribution in [1.82, 2.24) is 20.2 Å². The smallest absolute Gasteiger partial charge is 0.191 e. The van der Waals surface area contributed by atoms with Gasteiger partial charge in [0.25, 0.3) is 0 Å². The number of ether oxygens (including phenoxy) is 1. The molecule has 1 aromatic heterocycles. The standard InChI is InChI=1S/C20H33N5O/c1-4-21-20(22-13-8-5-9-16-26-3)23-14-10-15-25-17(2)24-18-11-6-7-12-19(18)25/h6-7,11-12H,4-5,8-10,13-16H2,1-3H3,(H2,21,22,23). The molecule has 0 bridgehead atoms. The van der Waals surface area contributed by atoms with Gasteiger partial charge >= 0.3 is 0 Å². The topological polar surface area (TPSA) is 63.5 Å². The Morgan fingerprint density at radius 1 is 1.15 bits per heavy atom. The molecule has 0 spiro atoms. The summed E-state index contributed by atoms with van der Waals surface area (Å²) in [5, 5.41) is 6.73. The highest BCUT2D eigenvalue weighted by Gasteiger charge is 2.05. The molecule has 0 saturated carbocycles. The fourth-order valence-electron chi connectivity index (χ4n) is 2.99. The number of imidazole rings is 1. The molecule has 2 N–H and O–H groups in total. The fourth-order valence-corrected chi connectivity index (χ4v) is 2.99. The van der Waals surface area contributed by atoms with Crippen LogP contribution in [0.4, 0.5) is 0 Å². The van der Waals surface area contributed by atoms with Gasteiger partial charge in [-0.1, -0.05) is 12.1 Å². The van der Waals surface area contributed by atoms with Crippen LogP contribution in [0.25, 0.3) is 11.0 Å². The van der Waals surface area contributed by atoms with Crippen molar-refractivity contribution >= 4 is 17.0 Å². The lowest BCUT2D eigenvalue weighted by Gasteiger charge is -2.11. The molecule has 0 fully saturated rings. The maximum absolute atomic E-state index is 5.08. The SMILES string of the molecule is CCNC(=NCCCn1c(C)nc2ccccc21)NCCCCCOC. The molecule has 0 amide bonds. The molecule has 0 saturated heterocycles. The number of fused-ring (bicyclic) bond motifs is 1. The van der Waals surface area contributed by atoms with Crippen LogP contribution in [0.3, 0.4) is 0 Å². The van der Waals surface area contributed by atoms with Crippen molar-refractivity contribution in [2.45, 2.75) is 46.1 Å². The van der Waals surface area contributed by atoms with Crippen molar-refractivity contribution in [2.24, 2.45) is 4.99 Å². The molecule has 0 unspecified atom stereocenters. The molecule has 0 atom stereocenters. The molecule has 0 aliphatic rings. The molecule has 144 valence electrons. The van der Waals surface area contributed by atoms with Crippen molar-refractivity contribution in [3.63, 3.8) is 0 Å². The zero-order valence-electron chi connectivity index (χ0n) is 16.4. The van der Waals surface area contributed by atoms with Gasteiger partial charge < -0.3 is 19.9 Å². The van der Waals surface area contributed by atoms with Crippen molar-refractivity contribution in [1.29, 1.82) is 0 Å². The van der Waals surface area contributed by atoms with Crippen molar-refractivity contribution in [2.75, 3.05) is 33.4 Å². The summed E-state index contributed by atoms with van der Waals surface area (Å²) in [5.74, 6) is 1.97. The van der Waals surface area contributed by atoms with E-state index in [9.17, 15) is 0 Å². The van der Waals surface area contributed by atoms with Gasteiger partial charge in [0.05, 0.1) is 11.0 Å². The molecule has 2 aromatic rings. The highest BCUT2D eigenvalue weighted by atomic mass is 16.5. The van der Waals surface area contributed by atoms with Crippen LogP contribution in [-0.4, -0.2) is 48.9 Å². The molecule has 0 aliphatic carbocycles. The Hall–Kier alpha value is -2.08. The van der Waals surface area contributed by atoms with E-state index in [1.807, 2.05) is 6.07 Å². The first-order valence-corrected chi connectivity index (χ1v) is 9.69. The number of para-hydroxylation sites is 2. The number of hydrogen-bond donors (Lipinski definition) is 2. The lowest BCUT2D eigenvalue weighted by atomic mass is 10.2. The van der Waals surface area contributed by atoms with Gasteiger partial charge in [-0.2, -0.15) is 0 Å². The molecule has 26 heavy (non-hydrogen) atoms. The van der Waals surface area contributed by atoms with Gasteiger partial charge in [-0.15, -0.1) is 0 Å². The summed E-state index contributed by atoms with van der Waals surface area (Å²) >= 11 is 0. The second-order valence-electron chi connectivity index (χ2n) is 6.39. The Morgan fingerprint density at radius 3 is 2.81 bits per heavy atom. The maximum Gasteiger partial charge on any atom is 0.191 e. The molecular weight excluding hydrogens is 326 g/mol. The minimum atomic E-state index is 0.797. The van der Waals surface area contributed by atoms with Gasteiger partial charge in [0.15, 0.2) is 5.96 Å². The van der Waals surface area contributed by atoms with E-state index in [4.69, 9.17) is 9.73 Å². The number of aliphatic imine (C=N–C) groups is 1. The summed E-state index contributed by atoms with van der Waals surface area (Å²) in [6.45, 7) is 8.56. The number of benzene rings is 1. The average Bonchev–Trinajstić information content (AvgIpc) is 2.96. The summed E-state index contributed by atoms with van der Waals surface area (Å²) in [4.78, 5) is 9.31. The summed E-state index contributed by atoms with van der Waals surface area (Å²) < 4.78 is 7.36. The van der Waals surface area contributed by atoms with Crippen LogP contribution >= 0.6 is 0 Å². The second kappa shape index (κ2) is 11.5. The fraction of sp³-hybridized carbons (Fsp3) is 0.600. The number of aryl methyl sites for hydroxylation is 2. The summed E-state index contributed by atoms with van der Waals surface area (Å²) in [7, 11) is 1.75. The van der Waals surface area contributed by atoms with E-state index in [1.165, 1.54) is 11.9 Å². The van der Waals surface area contributed by atoms with E-state index in [2.05, 4.69) is 52.2 Å². The minimum Gasteiger partial charge on any atom is -0.385 e. The molecule has 1 heterocycles. The van der Waals surface area contributed by atoms with E-state index in [-0.39, 0.29) is 0 Å². The lowest BCUT2D eigenvalue weighted by molar-refractivity contribution is 0.192. The number of methoxy groups -OCH3 is 1. The molecule has 0 aliphatic heterocycles. The summed E-state index contributed by atoms with van der Waals surface area (Å²) in [5.41, 5.74) is 2.27. The third kappa shape index (κ3) is 6.33. The van der Waals surface area contributed by atoms with Gasteiger partial charge in [-0.25, -0.2) is 4.98 Å². The molecule has 2 rings (SSSR count). The van der Waals surface area contributed by atoms with Gasteiger partial charge in [-0.3, -0.25) is 4.99 Å². The number of aromatic nitrogens is 2. The Labute approximate surface area is 157 Å². The highest BCUT2D eigenvalue weighted by Crippen LogP contribution is 2.15. The van der Waals surface area contributed by atoms with Crippen molar-refractivity contribution < 1.29 is 4.74 Å². The first-order chi connectivity index (χ1) is 12.8. The number of nitrogens with one attached hydrogen (secondary N) is 2. The molecule has 0 radical (unpaired) electrons. The molecular formula is C20H33N5O. The van der Waals surface area contributed by atoms with E-state index < -0.39 is 0 Å². The average molecular weight is 360 g/mol. The Morgan fingerprint density at radius 2 is 2.00 bits per heavy atom. The zero-order chi connectivity index (χ0) is 18.6. The maximum atomic E-state index is 5.08. The van der Waals surface area contributed by atoms with Crippen LogP contribution in [-0.2, 0) is 11.3 Å². The largest absolute Gasteiger partial charge is 0.385 e. The monoisotopic (exact) mass is 359 g/mol. The van der Waals surface area contributed by atoms with Crippen LogP contribution in [0.5, 0.6) is 0 Å². The third-order valence-electron chi connectivity index (χ3n) is 4.32. The normalized spacial score (nSPS) is 11.9. The lowest BCUT2D eigenvalue weighted by Crippen LogP contribution is -2.37. The Balaban J connectivity index is 1.77. The van der Waals surface area contributed by atoms with E-state index in [0.717, 1.165) is 69.3 Å². The number of hydrogen-bond acceptors (Lipinski definition) is 3. The first-order valence-electron chi connectivity index (χ1n) is 9.69. The van der Waals surface area contributed by atoms with E-state index in [0.29, 0.717) is 0 Å². The van der Waals surface area contributed by atoms with Gasteiger partial charge in [0, 0.05) is 39.9 Å². The van der Waals surface area contributed by atoms with Crippen LogP contribution in [0.1, 0.15) is 38.4 Å². The van der Waals surface area contributed by atoms with Crippen LogP contribution in [0.15, 0.2) is 29.3 Å². The predicted molar refractivity (Wildman–Crippen MR) is 109 cm³/mol. The van der Waals surface area contributed by atoms with Crippen LogP contribution in [0.2, 0.25) is 0 Å². The van der Waals surface area contributed by atoms with Crippen LogP contribution in [0, 0.1) is 6.92 Å². The Kier molecular flexibility index (Phi) is 8.96. The summed E-state index contributed by atoms with van der Waals surface area (Å²) in [6, 6.07) is 8.30. The minimum absolute atomic E-state index is 0.797. The van der Waals surface area contributed by atoms with Gasteiger partial charge in [0.1, 0.15) is 5.82 Å². The first kappa shape index (κ1) is 20.2. The molecule has 1 aromatic carbocycles. The van der Waals surface area contributed by atoms with Crippen LogP contribution < -0.4 is 10.6 Å². The zero-order valence-corrected chi connectivity index (χ0v) is 16.4. The van der Waals surface area contributed by atoms with Gasteiger partial charge in [-0.05, 0) is 51.7 Å². The van der Waals surface area contributed by atoms with E-state index >= 15 is 0 Å². The number of nitrogens with zero attached hydrogens (tertiary/aromatic N) is 3. The number of rotatable bonds is 11. The molecule has 6 heteroatoms. The number of guanidine groups is 1. The quantitative estimate of drug-likeness (QED) is 0.368. The predicted octanol–water partition coefficient (Wildman–Crippen LogP) is 3.11. The summed E-state index contributed by atoms with van der Waals surface area (Å²) in [6.07, 6.45) is 4.41. The van der Waals surface area contributed by atoms with Crippen molar-refractivity contribution in [3.05, 3.63) is 30.1 Å². The number of unbranched alkanes of at least 4 members (excludes halogenated alkanes) is 2. The van der Waals surface area contributed by atoms with Crippen molar-refractivity contribution in [3.8, 4) is 0 Å². The second-order valence-corrected chi connectivity index (χ2v) is 6.39. The highest BCUT2D eigenvalue weighted by molar-refractivity contribution is 5.79. The molecule has 6 nitrogen and oxygen atoms in total. The van der Waals surface area contributed by atoms with E-state index in [1.54, 1.807) is 7.11 Å². The third-order valence-corrected chi connectivity index (χ3v) is 4.32. The van der Waals surface area contributed by atoms with Gasteiger partial charge in [0.2, 0.25) is 0 Å². The Bertz CT molecular complexity index is 680.